The van der Waals surface area contributed by atoms with Gasteiger partial charge in [0.05, 0.1) is 19.3 Å². The first-order valence-electron chi connectivity index (χ1n) is 7.70. The second-order valence-electron chi connectivity index (χ2n) is 5.76. The molecule has 22 heavy (non-hydrogen) atoms. The van der Waals surface area contributed by atoms with Crippen molar-refractivity contribution in [3.8, 4) is 5.75 Å². The minimum Gasteiger partial charge on any atom is -0.486 e. The SMILES string of the molecule is Cc1ccccc1OC1CN(C(=O)CCCc2cn[nH]c2)C1. The van der Waals surface area contributed by atoms with Gasteiger partial charge in [0.2, 0.25) is 5.91 Å². The number of nitrogens with one attached hydrogen (secondary N) is 1. The van der Waals surface area contributed by atoms with Crippen LogP contribution < -0.4 is 4.74 Å². The number of aromatic nitrogens is 2. The van der Waals surface area contributed by atoms with Crippen LogP contribution in [0, 0.1) is 6.92 Å². The molecular formula is C17H21N3O2. The van der Waals surface area contributed by atoms with Crippen molar-refractivity contribution in [1.29, 1.82) is 0 Å². The number of ether oxygens (including phenoxy) is 1. The molecule has 0 saturated carbocycles. The van der Waals surface area contributed by atoms with Gasteiger partial charge < -0.3 is 9.64 Å². The summed E-state index contributed by atoms with van der Waals surface area (Å²) in [5.41, 5.74) is 2.28. The molecule has 5 nitrogen and oxygen atoms in total. The molecule has 1 aliphatic heterocycles. The van der Waals surface area contributed by atoms with E-state index in [9.17, 15) is 4.79 Å². The van der Waals surface area contributed by atoms with Gasteiger partial charge in [-0.15, -0.1) is 0 Å². The fraction of sp³-hybridized carbons (Fsp3) is 0.412. The second kappa shape index (κ2) is 6.64. The highest BCUT2D eigenvalue weighted by Gasteiger charge is 2.31. The number of amides is 1. The first-order valence-corrected chi connectivity index (χ1v) is 7.70. The van der Waals surface area contributed by atoms with Crippen molar-refractivity contribution in [2.24, 2.45) is 0 Å². The van der Waals surface area contributed by atoms with E-state index in [2.05, 4.69) is 10.2 Å². The first kappa shape index (κ1) is 14.6. The summed E-state index contributed by atoms with van der Waals surface area (Å²) in [5, 5.41) is 6.69. The molecule has 2 heterocycles. The van der Waals surface area contributed by atoms with E-state index in [4.69, 9.17) is 4.74 Å². The van der Waals surface area contributed by atoms with Crippen LogP contribution in [0.25, 0.3) is 0 Å². The Labute approximate surface area is 130 Å². The van der Waals surface area contributed by atoms with E-state index in [0.717, 1.165) is 29.7 Å². The summed E-state index contributed by atoms with van der Waals surface area (Å²) in [6.45, 7) is 3.42. The average molecular weight is 299 g/mol. The van der Waals surface area contributed by atoms with Crippen molar-refractivity contribution in [2.75, 3.05) is 13.1 Å². The van der Waals surface area contributed by atoms with Crippen molar-refractivity contribution >= 4 is 5.91 Å². The van der Waals surface area contributed by atoms with Gasteiger partial charge in [-0.2, -0.15) is 5.10 Å². The maximum atomic E-state index is 12.1. The zero-order valence-electron chi connectivity index (χ0n) is 12.8. The smallest absolute Gasteiger partial charge is 0.222 e. The number of para-hydroxylation sites is 1. The number of rotatable bonds is 6. The zero-order chi connectivity index (χ0) is 15.4. The average Bonchev–Trinajstić information content (AvgIpc) is 2.97. The Morgan fingerprint density at radius 2 is 2.23 bits per heavy atom. The molecule has 1 aliphatic rings. The number of hydrogen-bond donors (Lipinski definition) is 1. The number of aromatic amines is 1. The van der Waals surface area contributed by atoms with E-state index >= 15 is 0 Å². The highest BCUT2D eigenvalue weighted by molar-refractivity contribution is 5.77. The third-order valence-electron chi connectivity index (χ3n) is 4.00. The zero-order valence-corrected chi connectivity index (χ0v) is 12.8. The lowest BCUT2D eigenvalue weighted by atomic mass is 10.1. The van der Waals surface area contributed by atoms with E-state index in [1.165, 1.54) is 0 Å². The molecular weight excluding hydrogens is 278 g/mol. The molecule has 0 spiro atoms. The Hall–Kier alpha value is -2.30. The molecule has 0 bridgehead atoms. The first-order chi connectivity index (χ1) is 10.7. The molecule has 1 saturated heterocycles. The number of hydrogen-bond acceptors (Lipinski definition) is 3. The standard InChI is InChI=1S/C17H21N3O2/c1-13-5-2-3-7-16(13)22-15-11-20(12-15)17(21)8-4-6-14-9-18-19-10-14/h2-3,5,7,9-10,15H,4,6,8,11-12H2,1H3,(H,18,19). The van der Waals surface area contributed by atoms with E-state index in [0.29, 0.717) is 19.5 Å². The maximum absolute atomic E-state index is 12.1. The van der Waals surface area contributed by atoms with E-state index in [1.54, 1.807) is 6.20 Å². The van der Waals surface area contributed by atoms with Crippen LogP contribution in [0.5, 0.6) is 5.75 Å². The van der Waals surface area contributed by atoms with Crippen LogP contribution in [0.3, 0.4) is 0 Å². The third kappa shape index (κ3) is 3.47. The summed E-state index contributed by atoms with van der Waals surface area (Å²) in [5.74, 6) is 1.13. The lowest BCUT2D eigenvalue weighted by molar-refractivity contribution is -0.140. The molecule has 0 aliphatic carbocycles. The number of benzene rings is 1. The fourth-order valence-electron chi connectivity index (χ4n) is 2.60. The van der Waals surface area contributed by atoms with Gasteiger partial charge in [0.25, 0.3) is 0 Å². The van der Waals surface area contributed by atoms with Crippen LogP contribution in [-0.2, 0) is 11.2 Å². The number of aryl methyl sites for hydroxylation is 2. The highest BCUT2D eigenvalue weighted by atomic mass is 16.5. The largest absolute Gasteiger partial charge is 0.486 e. The summed E-state index contributed by atoms with van der Waals surface area (Å²) >= 11 is 0. The Balaban J connectivity index is 1.37. The second-order valence-corrected chi connectivity index (χ2v) is 5.76. The Bertz CT molecular complexity index is 619. The Morgan fingerprint density at radius 1 is 1.41 bits per heavy atom. The number of carbonyl (C=O) groups is 1. The Morgan fingerprint density at radius 3 is 2.95 bits per heavy atom. The molecule has 1 aromatic carbocycles. The number of carbonyl (C=O) groups excluding carboxylic acids is 1. The molecule has 2 aromatic rings. The minimum absolute atomic E-state index is 0.124. The van der Waals surface area contributed by atoms with Gasteiger partial charge in [0.15, 0.2) is 0 Å². The van der Waals surface area contributed by atoms with Gasteiger partial charge in [-0.3, -0.25) is 9.89 Å². The predicted molar refractivity (Wildman–Crippen MR) is 83.7 cm³/mol. The van der Waals surface area contributed by atoms with Crippen molar-refractivity contribution in [2.45, 2.75) is 32.3 Å². The lowest BCUT2D eigenvalue weighted by Crippen LogP contribution is -2.56. The number of H-pyrrole nitrogens is 1. The number of likely N-dealkylation sites (tertiary alicyclic amines) is 1. The van der Waals surface area contributed by atoms with E-state index in [-0.39, 0.29) is 12.0 Å². The van der Waals surface area contributed by atoms with Crippen molar-refractivity contribution in [3.05, 3.63) is 47.8 Å². The van der Waals surface area contributed by atoms with Crippen molar-refractivity contribution in [1.82, 2.24) is 15.1 Å². The molecule has 3 rings (SSSR count). The highest BCUT2D eigenvalue weighted by Crippen LogP contribution is 2.22. The summed E-state index contributed by atoms with van der Waals surface area (Å²) in [6.07, 6.45) is 6.14. The van der Waals surface area contributed by atoms with Gasteiger partial charge in [-0.25, -0.2) is 0 Å². The predicted octanol–water partition coefficient (Wildman–Crippen LogP) is 2.33. The van der Waals surface area contributed by atoms with Gasteiger partial charge >= 0.3 is 0 Å². The van der Waals surface area contributed by atoms with Crippen molar-refractivity contribution in [3.63, 3.8) is 0 Å². The van der Waals surface area contributed by atoms with Gasteiger partial charge in [-0.1, -0.05) is 18.2 Å². The molecule has 0 radical (unpaired) electrons. The summed E-state index contributed by atoms with van der Waals surface area (Å²) < 4.78 is 5.92. The molecule has 0 unspecified atom stereocenters. The van der Waals surface area contributed by atoms with Crippen LogP contribution in [0.2, 0.25) is 0 Å². The van der Waals surface area contributed by atoms with Crippen LogP contribution >= 0.6 is 0 Å². The quantitative estimate of drug-likeness (QED) is 0.890. The maximum Gasteiger partial charge on any atom is 0.222 e. The van der Waals surface area contributed by atoms with Crippen molar-refractivity contribution < 1.29 is 9.53 Å². The van der Waals surface area contributed by atoms with Crippen LogP contribution in [-0.4, -0.2) is 40.2 Å². The Kier molecular flexibility index (Phi) is 4.42. The monoisotopic (exact) mass is 299 g/mol. The van der Waals surface area contributed by atoms with Crippen LogP contribution in [0.4, 0.5) is 0 Å². The van der Waals surface area contributed by atoms with Gasteiger partial charge in [0.1, 0.15) is 11.9 Å². The van der Waals surface area contributed by atoms with E-state index in [1.807, 2.05) is 42.3 Å². The molecule has 116 valence electrons. The summed E-state index contributed by atoms with van der Waals surface area (Å²) in [4.78, 5) is 13.9. The normalized spacial score (nSPS) is 14.7. The molecule has 1 aromatic heterocycles. The van der Waals surface area contributed by atoms with E-state index < -0.39 is 0 Å². The summed E-state index contributed by atoms with van der Waals surface area (Å²) in [7, 11) is 0. The van der Waals surface area contributed by atoms with Crippen LogP contribution in [0.15, 0.2) is 36.7 Å². The number of nitrogens with zero attached hydrogens (tertiary/aromatic N) is 2. The van der Waals surface area contributed by atoms with Crippen LogP contribution in [0.1, 0.15) is 24.0 Å². The molecule has 1 fully saturated rings. The summed E-state index contributed by atoms with van der Waals surface area (Å²) in [6, 6.07) is 7.98. The molecule has 1 amide bonds. The lowest BCUT2D eigenvalue weighted by Gasteiger charge is -2.39. The topological polar surface area (TPSA) is 58.2 Å². The third-order valence-corrected chi connectivity index (χ3v) is 4.00. The van der Waals surface area contributed by atoms with Gasteiger partial charge in [0, 0.05) is 12.6 Å². The minimum atomic E-state index is 0.124. The molecule has 1 N–H and O–H groups in total. The molecule has 0 atom stereocenters. The molecule has 5 heteroatoms. The fourth-order valence-corrected chi connectivity index (χ4v) is 2.60. The van der Waals surface area contributed by atoms with Gasteiger partial charge in [-0.05, 0) is 37.0 Å².